The third kappa shape index (κ3) is 5.29. The van der Waals surface area contributed by atoms with Crippen LogP contribution in [0.2, 0.25) is 0 Å². The number of carbonyl (C=O) groups excluding carboxylic acids is 1. The minimum Gasteiger partial charge on any atom is -0.487 e. The maximum absolute atomic E-state index is 11.6. The predicted molar refractivity (Wildman–Crippen MR) is 80.6 cm³/mol. The van der Waals surface area contributed by atoms with Gasteiger partial charge in [0.1, 0.15) is 5.69 Å². The summed E-state index contributed by atoms with van der Waals surface area (Å²) in [4.78, 5) is 22.3. The first kappa shape index (κ1) is 16.7. The number of nitrogens with one attached hydrogen (secondary N) is 2. The number of hydrogen-bond acceptors (Lipinski definition) is 5. The molecule has 0 fully saturated rings. The molecule has 2 N–H and O–H groups in total. The Bertz CT molecular complexity index is 503. The first-order valence-electron chi connectivity index (χ1n) is 6.86. The van der Waals surface area contributed by atoms with Crippen molar-refractivity contribution >= 4 is 17.3 Å². The van der Waals surface area contributed by atoms with Crippen LogP contribution in [0.15, 0.2) is 18.2 Å². The minimum atomic E-state index is -0.515. The topological polar surface area (TPSA) is 93.5 Å². The van der Waals surface area contributed by atoms with E-state index >= 15 is 0 Å². The van der Waals surface area contributed by atoms with Crippen molar-refractivity contribution in [3.63, 3.8) is 0 Å². The van der Waals surface area contributed by atoms with Crippen molar-refractivity contribution in [1.82, 2.24) is 5.32 Å². The Hall–Kier alpha value is -2.31. The van der Waals surface area contributed by atoms with Crippen LogP contribution in [0.3, 0.4) is 0 Å². The molecule has 0 saturated heterocycles. The molecule has 1 aromatic carbocycles. The van der Waals surface area contributed by atoms with Crippen LogP contribution < -0.4 is 15.4 Å². The van der Waals surface area contributed by atoms with Crippen LogP contribution in [0.4, 0.5) is 11.4 Å². The van der Waals surface area contributed by atoms with Crippen molar-refractivity contribution in [2.24, 2.45) is 5.92 Å². The molecule has 0 aliphatic carbocycles. The van der Waals surface area contributed by atoms with E-state index in [0.717, 1.165) is 0 Å². The van der Waals surface area contributed by atoms with Gasteiger partial charge in [-0.15, -0.1) is 0 Å². The molecule has 0 spiro atoms. The maximum atomic E-state index is 11.6. The number of para-hydroxylation sites is 1. The van der Waals surface area contributed by atoms with Gasteiger partial charge in [-0.05, 0) is 25.0 Å². The summed E-state index contributed by atoms with van der Waals surface area (Å²) >= 11 is 0. The van der Waals surface area contributed by atoms with Crippen LogP contribution in [0.5, 0.6) is 5.75 Å². The summed E-state index contributed by atoms with van der Waals surface area (Å²) in [7, 11) is 0. The molecule has 7 heteroatoms. The number of hydrogen-bond donors (Lipinski definition) is 2. The first-order chi connectivity index (χ1) is 9.95. The smallest absolute Gasteiger partial charge is 0.333 e. The summed E-state index contributed by atoms with van der Waals surface area (Å²) in [5, 5.41) is 16.7. The van der Waals surface area contributed by atoms with E-state index in [1.807, 2.05) is 13.8 Å². The zero-order valence-corrected chi connectivity index (χ0v) is 12.5. The first-order valence-corrected chi connectivity index (χ1v) is 6.86. The second kappa shape index (κ2) is 8.08. The number of amides is 1. The Labute approximate surface area is 123 Å². The van der Waals surface area contributed by atoms with E-state index < -0.39 is 4.92 Å². The van der Waals surface area contributed by atoms with Crippen LogP contribution in [0, 0.1) is 16.0 Å². The predicted octanol–water partition coefficient (Wildman–Crippen LogP) is 2.18. The quantitative estimate of drug-likeness (QED) is 0.566. The number of rotatable bonds is 8. The van der Waals surface area contributed by atoms with Gasteiger partial charge in [-0.1, -0.05) is 19.9 Å². The van der Waals surface area contributed by atoms with E-state index in [4.69, 9.17) is 4.74 Å². The highest BCUT2D eigenvalue weighted by atomic mass is 16.6. The van der Waals surface area contributed by atoms with E-state index in [2.05, 4.69) is 10.6 Å². The van der Waals surface area contributed by atoms with Crippen LogP contribution in [-0.4, -0.2) is 30.5 Å². The lowest BCUT2D eigenvalue weighted by Crippen LogP contribution is -2.32. The van der Waals surface area contributed by atoms with Crippen LogP contribution in [0.1, 0.15) is 20.8 Å². The van der Waals surface area contributed by atoms with E-state index in [0.29, 0.717) is 19.1 Å². The molecule has 0 bridgehead atoms. The molecule has 0 aromatic heterocycles. The summed E-state index contributed by atoms with van der Waals surface area (Å²) in [6, 6.07) is 4.73. The van der Waals surface area contributed by atoms with Gasteiger partial charge in [0.05, 0.1) is 18.1 Å². The zero-order valence-electron chi connectivity index (χ0n) is 12.5. The lowest BCUT2D eigenvalue weighted by atomic mass is 10.2. The molecule has 0 unspecified atom stereocenters. The fourth-order valence-electron chi connectivity index (χ4n) is 1.68. The molecule has 0 radical (unpaired) electrons. The van der Waals surface area contributed by atoms with Crippen LogP contribution in [-0.2, 0) is 4.79 Å². The molecule has 1 aromatic rings. The van der Waals surface area contributed by atoms with Gasteiger partial charge in [-0.2, -0.15) is 0 Å². The highest BCUT2D eigenvalue weighted by Crippen LogP contribution is 2.34. The largest absolute Gasteiger partial charge is 0.487 e. The Kier molecular flexibility index (Phi) is 6.45. The van der Waals surface area contributed by atoms with E-state index in [-0.39, 0.29) is 29.6 Å². The lowest BCUT2D eigenvalue weighted by molar-refractivity contribution is -0.384. The minimum absolute atomic E-state index is 0.0247. The van der Waals surface area contributed by atoms with E-state index in [1.54, 1.807) is 19.1 Å². The fraction of sp³-hybridized carbons (Fsp3) is 0.500. The second-order valence-corrected chi connectivity index (χ2v) is 4.89. The molecule has 0 aliphatic rings. The van der Waals surface area contributed by atoms with Gasteiger partial charge in [0.2, 0.25) is 5.91 Å². The third-order valence-corrected chi connectivity index (χ3v) is 2.63. The van der Waals surface area contributed by atoms with Crippen molar-refractivity contribution in [2.75, 3.05) is 25.0 Å². The van der Waals surface area contributed by atoms with E-state index in [9.17, 15) is 14.9 Å². The van der Waals surface area contributed by atoms with Crippen molar-refractivity contribution in [1.29, 1.82) is 0 Å². The standard InChI is InChI=1S/C14H21N3O4/c1-4-21-12-7-5-6-11(14(12)17(19)20)15-9-13(18)16-8-10(2)3/h5-7,10,15H,4,8-9H2,1-3H3,(H,16,18). The maximum Gasteiger partial charge on any atom is 0.333 e. The summed E-state index contributed by atoms with van der Waals surface area (Å²) in [5.74, 6) is 0.333. The molecule has 0 saturated carbocycles. The summed E-state index contributed by atoms with van der Waals surface area (Å²) in [5.41, 5.74) is 0.113. The average molecular weight is 295 g/mol. The summed E-state index contributed by atoms with van der Waals surface area (Å²) < 4.78 is 5.24. The SMILES string of the molecule is CCOc1cccc(NCC(=O)NCC(C)C)c1[N+](=O)[O-]. The number of nitro groups is 1. The monoisotopic (exact) mass is 295 g/mol. The van der Waals surface area contributed by atoms with Gasteiger partial charge in [-0.25, -0.2) is 0 Å². The van der Waals surface area contributed by atoms with E-state index in [1.165, 1.54) is 6.07 Å². The number of nitrogens with zero attached hydrogens (tertiary/aromatic N) is 1. The Morgan fingerprint density at radius 3 is 2.71 bits per heavy atom. The van der Waals surface area contributed by atoms with Gasteiger partial charge < -0.3 is 15.4 Å². The highest BCUT2D eigenvalue weighted by Gasteiger charge is 2.21. The average Bonchev–Trinajstić information content (AvgIpc) is 2.43. The van der Waals surface area contributed by atoms with Gasteiger partial charge in [0.25, 0.3) is 0 Å². The third-order valence-electron chi connectivity index (χ3n) is 2.63. The molecule has 0 heterocycles. The number of ether oxygens (including phenoxy) is 1. The number of nitro benzene ring substituents is 1. The Morgan fingerprint density at radius 1 is 1.43 bits per heavy atom. The normalized spacial score (nSPS) is 10.3. The Morgan fingerprint density at radius 2 is 2.14 bits per heavy atom. The molecular weight excluding hydrogens is 274 g/mol. The molecule has 21 heavy (non-hydrogen) atoms. The highest BCUT2D eigenvalue weighted by molar-refractivity contribution is 5.82. The van der Waals surface area contributed by atoms with Crippen LogP contribution in [0.25, 0.3) is 0 Å². The summed E-state index contributed by atoms with van der Waals surface area (Å²) in [6.07, 6.45) is 0. The fourth-order valence-corrected chi connectivity index (χ4v) is 1.68. The number of benzene rings is 1. The van der Waals surface area contributed by atoms with Crippen molar-refractivity contribution in [3.05, 3.63) is 28.3 Å². The molecule has 7 nitrogen and oxygen atoms in total. The lowest BCUT2D eigenvalue weighted by Gasteiger charge is -2.11. The molecule has 1 rings (SSSR count). The van der Waals surface area contributed by atoms with Crippen molar-refractivity contribution in [3.8, 4) is 5.75 Å². The van der Waals surface area contributed by atoms with Gasteiger partial charge in [-0.3, -0.25) is 14.9 Å². The van der Waals surface area contributed by atoms with Gasteiger partial charge >= 0.3 is 5.69 Å². The van der Waals surface area contributed by atoms with Crippen molar-refractivity contribution < 1.29 is 14.5 Å². The molecule has 1 amide bonds. The Balaban J connectivity index is 2.76. The van der Waals surface area contributed by atoms with Crippen LogP contribution >= 0.6 is 0 Å². The van der Waals surface area contributed by atoms with Gasteiger partial charge in [0.15, 0.2) is 5.75 Å². The number of carbonyl (C=O) groups is 1. The molecule has 0 atom stereocenters. The van der Waals surface area contributed by atoms with Crippen molar-refractivity contribution in [2.45, 2.75) is 20.8 Å². The molecular formula is C14H21N3O4. The zero-order chi connectivity index (χ0) is 15.8. The molecule has 116 valence electrons. The number of anilines is 1. The summed E-state index contributed by atoms with van der Waals surface area (Å²) in [6.45, 7) is 6.61. The second-order valence-electron chi connectivity index (χ2n) is 4.89. The van der Waals surface area contributed by atoms with Gasteiger partial charge in [0, 0.05) is 6.54 Å². The molecule has 0 aliphatic heterocycles.